The molecule has 0 aromatic heterocycles. The number of methoxy groups -OCH3 is 1. The Kier molecular flexibility index (Phi) is 4.06. The van der Waals surface area contributed by atoms with Crippen LogP contribution >= 0.6 is 0 Å². The zero-order chi connectivity index (χ0) is 9.83. The zero-order valence-corrected chi connectivity index (χ0v) is 8.08. The molecular weight excluding hydrogens is 164 g/mol. The molecule has 0 aromatic rings. The van der Waals surface area contributed by atoms with Crippen molar-refractivity contribution in [3.8, 4) is 0 Å². The predicted octanol–water partition coefficient (Wildman–Crippen LogP) is 1.86. The fourth-order valence-electron chi connectivity index (χ4n) is 0.575. The van der Waals surface area contributed by atoms with Gasteiger partial charge in [0.1, 0.15) is 0 Å². The second-order valence-corrected chi connectivity index (χ2v) is 3.74. The Morgan fingerprint density at radius 2 is 1.75 bits per heavy atom. The van der Waals surface area contributed by atoms with Crippen LogP contribution in [0.4, 0.5) is 8.78 Å². The molecule has 0 aliphatic heterocycles. The standard InChI is InChI=1S/C8H17F2NO/c1-7(2,3)8(9,10)11-5-6-12-4/h11H,5-6H2,1-4H3. The van der Waals surface area contributed by atoms with Crippen LogP contribution in [-0.2, 0) is 4.74 Å². The molecule has 2 nitrogen and oxygen atoms in total. The molecule has 0 rings (SSSR count). The van der Waals surface area contributed by atoms with Gasteiger partial charge in [-0.2, -0.15) is 8.78 Å². The molecule has 0 atom stereocenters. The van der Waals surface area contributed by atoms with Crippen molar-refractivity contribution in [3.63, 3.8) is 0 Å². The van der Waals surface area contributed by atoms with Crippen LogP contribution in [0.1, 0.15) is 20.8 Å². The zero-order valence-electron chi connectivity index (χ0n) is 8.08. The maximum atomic E-state index is 13.1. The van der Waals surface area contributed by atoms with Crippen LogP contribution in [-0.4, -0.2) is 26.3 Å². The topological polar surface area (TPSA) is 21.3 Å². The molecule has 0 aliphatic carbocycles. The minimum Gasteiger partial charge on any atom is -0.383 e. The van der Waals surface area contributed by atoms with Crippen molar-refractivity contribution >= 4 is 0 Å². The van der Waals surface area contributed by atoms with Crippen LogP contribution in [0.25, 0.3) is 0 Å². The van der Waals surface area contributed by atoms with E-state index in [1.54, 1.807) is 0 Å². The van der Waals surface area contributed by atoms with Crippen molar-refractivity contribution in [2.75, 3.05) is 20.3 Å². The lowest BCUT2D eigenvalue weighted by Gasteiger charge is -2.30. The lowest BCUT2D eigenvalue weighted by Crippen LogP contribution is -2.48. The Hall–Kier alpha value is -0.220. The van der Waals surface area contributed by atoms with E-state index in [1.165, 1.54) is 27.9 Å². The largest absolute Gasteiger partial charge is 0.383 e. The highest BCUT2D eigenvalue weighted by molar-refractivity contribution is 4.78. The summed E-state index contributed by atoms with van der Waals surface area (Å²) in [4.78, 5) is 0. The number of hydrogen-bond acceptors (Lipinski definition) is 2. The van der Waals surface area contributed by atoms with Crippen molar-refractivity contribution in [1.82, 2.24) is 5.32 Å². The fourth-order valence-corrected chi connectivity index (χ4v) is 0.575. The highest BCUT2D eigenvalue weighted by Crippen LogP contribution is 2.32. The first kappa shape index (κ1) is 11.8. The first-order chi connectivity index (χ1) is 5.31. The quantitative estimate of drug-likeness (QED) is 0.528. The van der Waals surface area contributed by atoms with E-state index in [2.05, 4.69) is 10.1 Å². The molecule has 0 bridgehead atoms. The van der Waals surface area contributed by atoms with E-state index < -0.39 is 11.5 Å². The van der Waals surface area contributed by atoms with Gasteiger partial charge in [-0.25, -0.2) is 0 Å². The predicted molar refractivity (Wildman–Crippen MR) is 44.3 cm³/mol. The van der Waals surface area contributed by atoms with E-state index in [-0.39, 0.29) is 6.54 Å². The van der Waals surface area contributed by atoms with E-state index in [9.17, 15) is 8.78 Å². The molecule has 0 fully saturated rings. The number of rotatable bonds is 4. The average Bonchev–Trinajstić information content (AvgIpc) is 1.85. The summed E-state index contributed by atoms with van der Waals surface area (Å²) in [6.45, 7) is 4.94. The molecule has 0 amide bonds. The lowest BCUT2D eigenvalue weighted by atomic mass is 9.93. The third-order valence-corrected chi connectivity index (χ3v) is 1.60. The van der Waals surface area contributed by atoms with Crippen LogP contribution in [0.3, 0.4) is 0 Å². The summed E-state index contributed by atoms with van der Waals surface area (Å²) in [5, 5.41) is 2.14. The van der Waals surface area contributed by atoms with Gasteiger partial charge in [0.05, 0.1) is 6.61 Å². The van der Waals surface area contributed by atoms with Crippen molar-refractivity contribution in [2.24, 2.45) is 5.41 Å². The molecule has 74 valence electrons. The van der Waals surface area contributed by atoms with Gasteiger partial charge in [-0.15, -0.1) is 0 Å². The summed E-state index contributed by atoms with van der Waals surface area (Å²) in [7, 11) is 1.48. The van der Waals surface area contributed by atoms with Gasteiger partial charge in [0, 0.05) is 19.1 Å². The number of alkyl halides is 2. The van der Waals surface area contributed by atoms with E-state index in [1.807, 2.05) is 0 Å². The maximum absolute atomic E-state index is 13.1. The molecular formula is C8H17F2NO. The first-order valence-corrected chi connectivity index (χ1v) is 3.93. The number of halogens is 2. The van der Waals surface area contributed by atoms with E-state index in [4.69, 9.17) is 0 Å². The maximum Gasteiger partial charge on any atom is 0.307 e. The van der Waals surface area contributed by atoms with Gasteiger partial charge in [-0.3, -0.25) is 5.32 Å². The SMILES string of the molecule is COCCNC(F)(F)C(C)(C)C. The van der Waals surface area contributed by atoms with E-state index >= 15 is 0 Å². The van der Waals surface area contributed by atoms with Crippen molar-refractivity contribution < 1.29 is 13.5 Å². The first-order valence-electron chi connectivity index (χ1n) is 3.93. The lowest BCUT2D eigenvalue weighted by molar-refractivity contribution is -0.126. The molecule has 0 saturated heterocycles. The summed E-state index contributed by atoms with van der Waals surface area (Å²) in [5.74, 6) is 0. The van der Waals surface area contributed by atoms with Gasteiger partial charge in [0.15, 0.2) is 0 Å². The molecule has 0 spiro atoms. The molecule has 4 heteroatoms. The molecule has 0 radical (unpaired) electrons. The van der Waals surface area contributed by atoms with Gasteiger partial charge in [0.25, 0.3) is 0 Å². The summed E-state index contributed by atoms with van der Waals surface area (Å²) >= 11 is 0. The number of nitrogens with one attached hydrogen (secondary N) is 1. The molecule has 0 unspecified atom stereocenters. The third kappa shape index (κ3) is 3.45. The molecule has 0 aliphatic rings. The summed E-state index contributed by atoms with van der Waals surface area (Å²) in [6, 6.07) is -2.84. The van der Waals surface area contributed by atoms with Crippen molar-refractivity contribution in [2.45, 2.75) is 26.8 Å². The van der Waals surface area contributed by atoms with Crippen LogP contribution in [0.15, 0.2) is 0 Å². The van der Waals surface area contributed by atoms with Gasteiger partial charge in [-0.1, -0.05) is 20.8 Å². The Labute approximate surface area is 72.3 Å². The highest BCUT2D eigenvalue weighted by Gasteiger charge is 2.42. The molecule has 0 heterocycles. The van der Waals surface area contributed by atoms with Gasteiger partial charge in [0.2, 0.25) is 0 Å². The second-order valence-electron chi connectivity index (χ2n) is 3.74. The van der Waals surface area contributed by atoms with Crippen LogP contribution in [0.2, 0.25) is 0 Å². The molecule has 12 heavy (non-hydrogen) atoms. The monoisotopic (exact) mass is 181 g/mol. The Morgan fingerprint density at radius 1 is 1.25 bits per heavy atom. The van der Waals surface area contributed by atoms with Gasteiger partial charge in [-0.05, 0) is 0 Å². The van der Waals surface area contributed by atoms with Gasteiger partial charge >= 0.3 is 6.05 Å². The number of ether oxygens (including phenoxy) is 1. The van der Waals surface area contributed by atoms with E-state index in [0.717, 1.165) is 0 Å². The van der Waals surface area contributed by atoms with Crippen LogP contribution in [0.5, 0.6) is 0 Å². The van der Waals surface area contributed by atoms with Crippen LogP contribution < -0.4 is 5.32 Å². The highest BCUT2D eigenvalue weighted by atomic mass is 19.3. The van der Waals surface area contributed by atoms with Gasteiger partial charge < -0.3 is 4.74 Å². The summed E-state index contributed by atoms with van der Waals surface area (Å²) in [6.07, 6.45) is 0. The minimum absolute atomic E-state index is 0.167. The third-order valence-electron chi connectivity index (χ3n) is 1.60. The Bertz CT molecular complexity index is 132. The Balaban J connectivity index is 3.88. The minimum atomic E-state index is -2.84. The molecule has 1 N–H and O–H groups in total. The van der Waals surface area contributed by atoms with Crippen molar-refractivity contribution in [3.05, 3.63) is 0 Å². The van der Waals surface area contributed by atoms with E-state index in [0.29, 0.717) is 6.61 Å². The summed E-state index contributed by atoms with van der Waals surface area (Å²) < 4.78 is 30.8. The van der Waals surface area contributed by atoms with Crippen LogP contribution in [0, 0.1) is 5.41 Å². The van der Waals surface area contributed by atoms with Crippen molar-refractivity contribution in [1.29, 1.82) is 0 Å². The summed E-state index contributed by atoms with van der Waals surface area (Å²) in [5.41, 5.74) is -1.05. The average molecular weight is 181 g/mol. The molecule has 0 saturated carbocycles. The number of hydrogen-bond donors (Lipinski definition) is 1. The Morgan fingerprint density at radius 3 is 2.08 bits per heavy atom. The normalized spacial score (nSPS) is 13.5. The second kappa shape index (κ2) is 4.14. The smallest absolute Gasteiger partial charge is 0.307 e. The fraction of sp³-hybridized carbons (Fsp3) is 1.00. The molecule has 0 aromatic carbocycles.